The molecule has 494 valence electrons. The molecule has 0 unspecified atom stereocenters. The van der Waals surface area contributed by atoms with Crippen molar-refractivity contribution in [2.24, 2.45) is 11.5 Å². The van der Waals surface area contributed by atoms with Gasteiger partial charge in [-0.15, -0.1) is 0 Å². The number of rotatable bonds is 28. The van der Waals surface area contributed by atoms with Crippen molar-refractivity contribution in [1.29, 1.82) is 0 Å². The number of nitro benzene ring substituents is 2. The van der Waals surface area contributed by atoms with Crippen molar-refractivity contribution < 1.29 is 96.8 Å². The second-order valence-electron chi connectivity index (χ2n) is 20.3. The molecule has 0 saturated heterocycles. The molecule has 0 bridgehead atoms. The summed E-state index contributed by atoms with van der Waals surface area (Å²) < 4.78 is 25.7. The molecule has 14 N–H and O–H groups in total. The number of ether oxygens (including phenoxy) is 2. The quantitative estimate of drug-likeness (QED) is 0.0144. The first kappa shape index (κ1) is 70.8. The zero-order chi connectivity index (χ0) is 68.8. The standard InChI is InChI=1S/C30H35N5O12.C20H17N3O8.C11H8O5/c31-30(42)22(13-18-1-4-24(37)23(14-18)35(43)44)34-27(39)6-5-26(38)32-7-9-45-11-12-46-10-8-33-28(40)15-19-16-29(41)47-25-17-20(36)2-3-21(19)25;21-20(28)14(5-10-1-4-16(25)15(6-10)23(29)30)22-18(26)7-11-8-19(27)31-17-9-12(24)2-3-13(11)17;12-7-1-2-8-6(3-10(13)14)4-11(15)16-9(8)5-7/h1-4,14,16-17,22,36-37H,5-13,15H2,(H2,31,42)(H,32,38)(H,33,40)(H,34,39);1-4,6,8-9,14,24-25H,5,7H2,(H2,21,28)(H,22,26);1-2,4-5,12H,3H2,(H,13,14)/t22-;14-;/m00./s1. The van der Waals surface area contributed by atoms with Gasteiger partial charge in [0.1, 0.15) is 46.1 Å². The number of carbonyl (C=O) groups is 7. The predicted octanol–water partition coefficient (Wildman–Crippen LogP) is 1.91. The summed E-state index contributed by atoms with van der Waals surface area (Å²) in [4.78, 5) is 138. The van der Waals surface area contributed by atoms with Gasteiger partial charge in [-0.2, -0.15) is 0 Å². The van der Waals surface area contributed by atoms with Gasteiger partial charge in [0, 0.05) is 103 Å². The number of aromatic hydroxyl groups is 5. The topological polar surface area (TPSA) is 536 Å². The van der Waals surface area contributed by atoms with Gasteiger partial charge in [-0.05, 0) is 76.3 Å². The van der Waals surface area contributed by atoms with E-state index in [-0.39, 0.29) is 124 Å². The van der Waals surface area contributed by atoms with Crippen molar-refractivity contribution in [2.45, 2.75) is 57.0 Å². The Balaban J connectivity index is 0.000000252. The first-order valence-corrected chi connectivity index (χ1v) is 27.9. The number of fused-ring (bicyclic) bond motifs is 3. The van der Waals surface area contributed by atoms with E-state index in [1.54, 1.807) is 6.07 Å². The number of phenolic OH excluding ortho intramolecular Hbond substituents is 5. The van der Waals surface area contributed by atoms with Gasteiger partial charge < -0.3 is 86.1 Å². The van der Waals surface area contributed by atoms with Gasteiger partial charge in [0.25, 0.3) is 0 Å². The summed E-state index contributed by atoms with van der Waals surface area (Å²) in [6, 6.07) is 20.8. The molecule has 6 amide bonds. The number of nitro groups is 2. The lowest BCUT2D eigenvalue weighted by Crippen LogP contribution is -2.46. The molecule has 0 spiro atoms. The highest BCUT2D eigenvalue weighted by Crippen LogP contribution is 2.29. The first-order valence-electron chi connectivity index (χ1n) is 27.9. The molecular weight excluding hydrogens is 1240 g/mol. The molecule has 0 radical (unpaired) electrons. The number of carboxylic acid groups (broad SMARTS) is 1. The Hall–Kier alpha value is -12.3. The van der Waals surface area contributed by atoms with E-state index in [0.29, 0.717) is 44.0 Å². The Labute approximate surface area is 527 Å². The third-order valence-corrected chi connectivity index (χ3v) is 13.3. The Morgan fingerprint density at radius 2 is 0.830 bits per heavy atom. The minimum atomic E-state index is -1.19. The van der Waals surface area contributed by atoms with Crippen LogP contribution in [-0.4, -0.2) is 133 Å². The van der Waals surface area contributed by atoms with E-state index in [9.17, 15) is 93.7 Å². The average molecular weight is 1310 g/mol. The molecule has 94 heavy (non-hydrogen) atoms. The fourth-order valence-corrected chi connectivity index (χ4v) is 8.94. The maximum atomic E-state index is 12.5. The van der Waals surface area contributed by atoms with Crippen molar-refractivity contribution in [3.8, 4) is 28.7 Å². The Morgan fingerprint density at radius 3 is 1.21 bits per heavy atom. The van der Waals surface area contributed by atoms with E-state index >= 15 is 0 Å². The highest BCUT2D eigenvalue weighted by Gasteiger charge is 2.24. The maximum Gasteiger partial charge on any atom is 0.336 e. The maximum absolute atomic E-state index is 12.5. The second kappa shape index (κ2) is 33.5. The molecule has 33 nitrogen and oxygen atoms in total. The number of hydrogen-bond acceptors (Lipinski definition) is 24. The van der Waals surface area contributed by atoms with Crippen LogP contribution in [0, 0.1) is 20.2 Å². The average Bonchev–Trinajstić information content (AvgIpc) is 0.827. The Bertz CT molecular complexity index is 4360. The van der Waals surface area contributed by atoms with Gasteiger partial charge in [-0.3, -0.25) is 53.8 Å². The van der Waals surface area contributed by atoms with Crippen LogP contribution in [0.15, 0.2) is 137 Å². The number of amides is 6. The molecule has 3 heterocycles. The predicted molar refractivity (Wildman–Crippen MR) is 327 cm³/mol. The normalized spacial score (nSPS) is 11.4. The van der Waals surface area contributed by atoms with E-state index in [1.165, 1.54) is 66.7 Å². The van der Waals surface area contributed by atoms with Crippen molar-refractivity contribution >= 4 is 85.7 Å². The summed E-state index contributed by atoms with van der Waals surface area (Å²) >= 11 is 0. The highest BCUT2D eigenvalue weighted by molar-refractivity contribution is 5.92. The first-order chi connectivity index (χ1) is 44.6. The summed E-state index contributed by atoms with van der Waals surface area (Å²) in [5.41, 5.74) is 9.84. The lowest BCUT2D eigenvalue weighted by molar-refractivity contribution is -0.386. The molecule has 5 aromatic carbocycles. The highest BCUT2D eigenvalue weighted by atomic mass is 16.6. The van der Waals surface area contributed by atoms with E-state index in [2.05, 4.69) is 21.3 Å². The summed E-state index contributed by atoms with van der Waals surface area (Å²) in [5.74, 6) is -6.07. The molecule has 2 atom stereocenters. The SMILES string of the molecule is NC(=O)[C@H](Cc1ccc(O)c([N+](=O)[O-])c1)NC(=O)CCC(=O)NCCOCCOCCNC(=O)Cc1cc(=O)oc2cc(O)ccc12.NC(=O)[C@H](Cc1ccc(O)c([N+](=O)[O-])c1)NC(=O)Cc1cc(=O)oc2cc(O)ccc12.O=C(O)Cc1cc(=O)oc2cc(O)ccc12. The van der Waals surface area contributed by atoms with Crippen molar-refractivity contribution in [3.63, 3.8) is 0 Å². The molecule has 0 aliphatic carbocycles. The molecule has 0 aliphatic heterocycles. The Kier molecular flexibility index (Phi) is 25.3. The largest absolute Gasteiger partial charge is 0.508 e. The number of nitrogens with zero attached hydrogens (tertiary/aromatic N) is 2. The van der Waals surface area contributed by atoms with Gasteiger partial charge in [-0.1, -0.05) is 12.1 Å². The molecule has 0 saturated carbocycles. The number of benzene rings is 5. The third-order valence-electron chi connectivity index (χ3n) is 13.3. The van der Waals surface area contributed by atoms with Crippen LogP contribution in [0.25, 0.3) is 32.9 Å². The summed E-state index contributed by atoms with van der Waals surface area (Å²) in [6.45, 7) is 1.25. The molecule has 8 rings (SSSR count). The van der Waals surface area contributed by atoms with Crippen molar-refractivity contribution in [2.75, 3.05) is 39.5 Å². The van der Waals surface area contributed by atoms with Gasteiger partial charge in [0.15, 0.2) is 11.5 Å². The lowest BCUT2D eigenvalue weighted by Gasteiger charge is -2.16. The smallest absolute Gasteiger partial charge is 0.336 e. The number of hydrogen-bond donors (Lipinski definition) is 12. The lowest BCUT2D eigenvalue weighted by atomic mass is 10.0. The zero-order valence-corrected chi connectivity index (χ0v) is 49.2. The number of nitrogens with one attached hydrogen (secondary N) is 4. The van der Waals surface area contributed by atoms with Gasteiger partial charge >= 0.3 is 34.2 Å². The minimum Gasteiger partial charge on any atom is -0.508 e. The number of carbonyl (C=O) groups excluding carboxylic acids is 6. The van der Waals surface area contributed by atoms with Crippen molar-refractivity contribution in [3.05, 3.63) is 189 Å². The fourth-order valence-electron chi connectivity index (χ4n) is 8.94. The van der Waals surface area contributed by atoms with Crippen LogP contribution in [0.2, 0.25) is 0 Å². The summed E-state index contributed by atoms with van der Waals surface area (Å²) in [5, 5.41) is 89.7. The number of phenols is 5. The number of nitrogens with two attached hydrogens (primary N) is 2. The number of aliphatic carboxylic acids is 1. The fraction of sp³-hybridized carbons (Fsp3) is 0.246. The second-order valence-corrected chi connectivity index (χ2v) is 20.3. The summed E-state index contributed by atoms with van der Waals surface area (Å²) in [7, 11) is 0. The van der Waals surface area contributed by atoms with Gasteiger partial charge in [0.05, 0.1) is 55.5 Å². The van der Waals surface area contributed by atoms with E-state index in [4.69, 9.17) is 39.3 Å². The number of carboxylic acids is 1. The van der Waals surface area contributed by atoms with Crippen LogP contribution in [-0.2, 0) is 75.1 Å². The van der Waals surface area contributed by atoms with E-state index in [0.717, 1.165) is 36.4 Å². The molecule has 8 aromatic rings. The third kappa shape index (κ3) is 21.8. The molecule has 33 heteroatoms. The Morgan fingerprint density at radius 1 is 0.468 bits per heavy atom. The van der Waals surface area contributed by atoms with Crippen LogP contribution in [0.1, 0.15) is 40.7 Å². The summed E-state index contributed by atoms with van der Waals surface area (Å²) in [6.07, 6.45) is -1.31. The van der Waals surface area contributed by atoms with E-state index < -0.39 is 97.2 Å². The van der Waals surface area contributed by atoms with Crippen LogP contribution in [0.5, 0.6) is 28.7 Å². The van der Waals surface area contributed by atoms with Crippen LogP contribution >= 0.6 is 0 Å². The van der Waals surface area contributed by atoms with Crippen LogP contribution in [0.4, 0.5) is 11.4 Å². The number of primary amides is 2. The zero-order valence-electron chi connectivity index (χ0n) is 49.2. The van der Waals surface area contributed by atoms with Gasteiger partial charge in [-0.25, -0.2) is 14.4 Å². The molecule has 0 aliphatic rings. The van der Waals surface area contributed by atoms with Crippen LogP contribution in [0.3, 0.4) is 0 Å². The van der Waals surface area contributed by atoms with Crippen molar-refractivity contribution in [1.82, 2.24) is 21.3 Å². The van der Waals surface area contributed by atoms with Crippen LogP contribution < -0.4 is 49.6 Å². The molecular formula is C61H60N8O25. The van der Waals surface area contributed by atoms with E-state index in [1.807, 2.05) is 0 Å². The monoisotopic (exact) mass is 1300 g/mol. The molecule has 3 aromatic heterocycles. The minimum absolute atomic E-state index is 0.0388. The van der Waals surface area contributed by atoms with Gasteiger partial charge in [0.2, 0.25) is 35.4 Å². The molecule has 0 fully saturated rings.